The Hall–Kier alpha value is -2.44. The van der Waals surface area contributed by atoms with E-state index >= 15 is 0 Å². The summed E-state index contributed by atoms with van der Waals surface area (Å²) in [4.78, 5) is 0. The molecule has 0 saturated heterocycles. The second-order valence-electron chi connectivity index (χ2n) is 13.3. The summed E-state index contributed by atoms with van der Waals surface area (Å²) in [5, 5.41) is 0. The monoisotopic (exact) mass is 522 g/mol. The maximum atomic E-state index is 3.37. The van der Waals surface area contributed by atoms with Crippen molar-refractivity contribution < 1.29 is 0 Å². The van der Waals surface area contributed by atoms with Gasteiger partial charge in [0.25, 0.3) is 0 Å². The van der Waals surface area contributed by atoms with Gasteiger partial charge in [-0.15, -0.1) is 11.8 Å². The van der Waals surface area contributed by atoms with Gasteiger partial charge in [-0.25, -0.2) is 0 Å². The van der Waals surface area contributed by atoms with Gasteiger partial charge in [0.15, 0.2) is 0 Å². The van der Waals surface area contributed by atoms with Crippen molar-refractivity contribution in [1.29, 1.82) is 0 Å². The summed E-state index contributed by atoms with van der Waals surface area (Å²) in [6.07, 6.45) is 13.0. The quantitative estimate of drug-likeness (QED) is 0.216. The highest BCUT2D eigenvalue weighted by Crippen LogP contribution is 2.55. The van der Waals surface area contributed by atoms with Crippen molar-refractivity contribution in [2.75, 3.05) is 0 Å². The van der Waals surface area contributed by atoms with Crippen LogP contribution in [0, 0.1) is 47.4 Å². The molecule has 0 aromatic heterocycles. The van der Waals surface area contributed by atoms with E-state index in [1.807, 2.05) is 13.8 Å². The van der Waals surface area contributed by atoms with E-state index in [9.17, 15) is 0 Å². The number of fused-ring (bicyclic) bond motifs is 3. The molecule has 0 spiro atoms. The lowest BCUT2D eigenvalue weighted by Gasteiger charge is -2.35. The van der Waals surface area contributed by atoms with E-state index < -0.39 is 0 Å². The Morgan fingerprint density at radius 3 is 1.33 bits per heavy atom. The Morgan fingerprint density at radius 1 is 0.564 bits per heavy atom. The molecule has 210 valence electrons. The summed E-state index contributed by atoms with van der Waals surface area (Å²) < 4.78 is 0. The first-order valence-electron chi connectivity index (χ1n) is 15.8. The van der Waals surface area contributed by atoms with Gasteiger partial charge in [-0.05, 0) is 110 Å². The maximum absolute atomic E-state index is 3.37. The van der Waals surface area contributed by atoms with Crippen LogP contribution < -0.4 is 0 Å². The van der Waals surface area contributed by atoms with Crippen molar-refractivity contribution >= 4 is 0 Å². The summed E-state index contributed by atoms with van der Waals surface area (Å²) in [7, 11) is 0. The number of hydrogen-bond acceptors (Lipinski definition) is 0. The lowest BCUT2D eigenvalue weighted by atomic mass is 9.68. The minimum absolute atomic E-state index is 0.0418. The molecule has 2 aromatic rings. The molecule has 0 unspecified atom stereocenters. The first kappa shape index (κ1) is 31.1. The topological polar surface area (TPSA) is 0 Å². The number of benzene rings is 2. The molecule has 0 amide bonds. The van der Waals surface area contributed by atoms with Gasteiger partial charge in [0.05, 0.1) is 0 Å². The summed E-state index contributed by atoms with van der Waals surface area (Å²) in [6, 6.07) is 14.0. The Balaban J connectivity index is 2.01. The third-order valence-corrected chi connectivity index (χ3v) is 8.98. The molecular weight excluding hydrogens is 468 g/mol. The second-order valence-corrected chi connectivity index (χ2v) is 13.3. The van der Waals surface area contributed by atoms with Crippen molar-refractivity contribution in [1.82, 2.24) is 0 Å². The molecule has 0 heteroatoms. The van der Waals surface area contributed by atoms with E-state index in [0.717, 1.165) is 34.8 Å². The molecule has 0 saturated carbocycles. The van der Waals surface area contributed by atoms with E-state index in [4.69, 9.17) is 0 Å². The number of rotatable bonds is 14. The molecule has 0 heterocycles. The summed E-state index contributed by atoms with van der Waals surface area (Å²) in [5.41, 5.74) is 8.21. The maximum Gasteiger partial charge on any atom is 0.0248 e. The molecule has 2 atom stereocenters. The molecule has 2 aromatic carbocycles. The van der Waals surface area contributed by atoms with Gasteiger partial charge in [-0.2, -0.15) is 0 Å². The zero-order valence-electron chi connectivity index (χ0n) is 26.3. The molecule has 39 heavy (non-hydrogen) atoms. The fraction of sp³-hybridized carbons (Fsp3) is 0.590. The predicted octanol–water partition coefficient (Wildman–Crippen LogP) is 11.2. The lowest BCUT2D eigenvalue weighted by Crippen LogP contribution is -2.27. The standard InChI is InChI=1S/C39H54/c1-9-13-33-19-21-35-36-22-20-34(14-10-2)28-38(36)39(37(35)27-33,25-23-31(7)17-11-15-29(3)4)26-24-32(8)18-12-16-30(5)6/h19-22,27-32H,11-12,15-18,23-26H2,1-8H3/t31-,32+. The van der Waals surface area contributed by atoms with Crippen LogP contribution >= 0.6 is 0 Å². The Bertz CT molecular complexity index is 1090. The van der Waals surface area contributed by atoms with Crippen LogP contribution in [0.1, 0.15) is 142 Å². The van der Waals surface area contributed by atoms with E-state index in [1.165, 1.54) is 86.5 Å². The summed E-state index contributed by atoms with van der Waals surface area (Å²) in [6.45, 7) is 18.3. The molecular formula is C39H54. The third kappa shape index (κ3) is 8.28. The van der Waals surface area contributed by atoms with Gasteiger partial charge in [0.1, 0.15) is 0 Å². The van der Waals surface area contributed by atoms with Crippen LogP contribution in [-0.2, 0) is 5.41 Å². The molecule has 0 radical (unpaired) electrons. The van der Waals surface area contributed by atoms with Crippen LogP contribution in [0.2, 0.25) is 0 Å². The molecule has 0 bridgehead atoms. The van der Waals surface area contributed by atoms with E-state index in [-0.39, 0.29) is 5.41 Å². The Morgan fingerprint density at radius 2 is 0.974 bits per heavy atom. The van der Waals surface area contributed by atoms with Crippen LogP contribution in [0.3, 0.4) is 0 Å². The van der Waals surface area contributed by atoms with Crippen molar-refractivity contribution in [3.8, 4) is 34.8 Å². The average molecular weight is 523 g/mol. The van der Waals surface area contributed by atoms with Crippen molar-refractivity contribution in [3.63, 3.8) is 0 Å². The smallest absolute Gasteiger partial charge is 0.0248 e. The molecule has 0 nitrogen and oxygen atoms in total. The highest BCUT2D eigenvalue weighted by Gasteiger charge is 2.43. The molecule has 3 rings (SSSR count). The molecule has 0 aliphatic heterocycles. The van der Waals surface area contributed by atoms with Crippen LogP contribution in [0.25, 0.3) is 11.1 Å². The van der Waals surface area contributed by atoms with E-state index in [0.29, 0.717) is 0 Å². The SMILES string of the molecule is CC#Cc1ccc2c(c1)C(CC[C@H](C)CCCC(C)C)(CC[C@@H](C)CCCC(C)C)c1cc(C#CC)ccc1-2. The zero-order chi connectivity index (χ0) is 28.4. The van der Waals surface area contributed by atoms with Crippen LogP contribution in [0.5, 0.6) is 0 Å². The van der Waals surface area contributed by atoms with Crippen molar-refractivity contribution in [2.24, 2.45) is 23.7 Å². The molecule has 0 N–H and O–H groups in total. The highest BCUT2D eigenvalue weighted by atomic mass is 14.5. The van der Waals surface area contributed by atoms with Crippen LogP contribution in [0.15, 0.2) is 36.4 Å². The fourth-order valence-electron chi connectivity index (χ4n) is 6.63. The third-order valence-electron chi connectivity index (χ3n) is 8.98. The lowest BCUT2D eigenvalue weighted by molar-refractivity contribution is 0.327. The van der Waals surface area contributed by atoms with Gasteiger partial charge < -0.3 is 0 Å². The summed E-state index contributed by atoms with van der Waals surface area (Å²) >= 11 is 0. The normalized spacial score (nSPS) is 14.7. The van der Waals surface area contributed by atoms with Crippen molar-refractivity contribution in [2.45, 2.75) is 125 Å². The Kier molecular flexibility index (Phi) is 11.8. The van der Waals surface area contributed by atoms with Gasteiger partial charge in [0.2, 0.25) is 0 Å². The average Bonchev–Trinajstić information content (AvgIpc) is 3.15. The highest BCUT2D eigenvalue weighted by molar-refractivity contribution is 5.82. The minimum atomic E-state index is 0.0418. The van der Waals surface area contributed by atoms with E-state index in [2.05, 4.69) is 102 Å². The van der Waals surface area contributed by atoms with Gasteiger partial charge in [0, 0.05) is 16.5 Å². The predicted molar refractivity (Wildman–Crippen MR) is 172 cm³/mol. The van der Waals surface area contributed by atoms with E-state index in [1.54, 1.807) is 0 Å². The molecule has 1 aliphatic carbocycles. The van der Waals surface area contributed by atoms with Crippen LogP contribution in [0.4, 0.5) is 0 Å². The second kappa shape index (κ2) is 14.8. The largest absolute Gasteiger partial charge is 0.101 e. The zero-order valence-corrected chi connectivity index (χ0v) is 26.3. The molecule has 1 aliphatic rings. The Labute approximate surface area is 241 Å². The van der Waals surface area contributed by atoms with Gasteiger partial charge in [-0.1, -0.05) is 104 Å². The van der Waals surface area contributed by atoms with Crippen molar-refractivity contribution in [3.05, 3.63) is 58.7 Å². The van der Waals surface area contributed by atoms with Gasteiger partial charge in [-0.3, -0.25) is 0 Å². The summed E-state index contributed by atoms with van der Waals surface area (Å²) in [5.74, 6) is 16.1. The van der Waals surface area contributed by atoms with Crippen LogP contribution in [-0.4, -0.2) is 0 Å². The first-order valence-corrected chi connectivity index (χ1v) is 15.8. The molecule has 0 fully saturated rings. The minimum Gasteiger partial charge on any atom is -0.101 e. The first-order chi connectivity index (χ1) is 18.7. The van der Waals surface area contributed by atoms with Gasteiger partial charge >= 0.3 is 0 Å². The fourth-order valence-corrected chi connectivity index (χ4v) is 6.63. The number of hydrogen-bond donors (Lipinski definition) is 0.